The zero-order valence-corrected chi connectivity index (χ0v) is 19.5. The highest BCUT2D eigenvalue weighted by Crippen LogP contribution is 2.33. The van der Waals surface area contributed by atoms with Gasteiger partial charge in [0.25, 0.3) is 0 Å². The third-order valence-corrected chi connectivity index (χ3v) is 6.86. The molecule has 0 atom stereocenters. The fourth-order valence-corrected chi connectivity index (χ4v) is 4.86. The van der Waals surface area contributed by atoms with E-state index in [1.165, 1.54) is 11.3 Å². The number of piperidine rings is 1. The Morgan fingerprint density at radius 1 is 1.12 bits per heavy atom. The van der Waals surface area contributed by atoms with Crippen molar-refractivity contribution >= 4 is 11.7 Å². The maximum atomic E-state index is 12.7. The van der Waals surface area contributed by atoms with Gasteiger partial charge in [-0.2, -0.15) is 0 Å². The zero-order valence-electron chi connectivity index (χ0n) is 19.5. The third kappa shape index (κ3) is 5.26. The Hall–Kier alpha value is -2.54. The number of anilines is 1. The summed E-state index contributed by atoms with van der Waals surface area (Å²) in [5.41, 5.74) is 3.51. The van der Waals surface area contributed by atoms with Crippen molar-refractivity contribution in [2.75, 3.05) is 44.2 Å². The summed E-state index contributed by atoms with van der Waals surface area (Å²) < 4.78 is 0. The van der Waals surface area contributed by atoms with Crippen molar-refractivity contribution in [1.82, 2.24) is 25.2 Å². The molecular formula is C25H36N6O. The first kappa shape index (κ1) is 22.6. The smallest absolute Gasteiger partial charge is 0.223 e. The van der Waals surface area contributed by atoms with Crippen LogP contribution >= 0.6 is 0 Å². The van der Waals surface area contributed by atoms with E-state index < -0.39 is 0 Å². The van der Waals surface area contributed by atoms with Crippen LogP contribution in [0.25, 0.3) is 11.4 Å². The first-order valence-electron chi connectivity index (χ1n) is 12.2. The van der Waals surface area contributed by atoms with Crippen LogP contribution in [0.1, 0.15) is 50.8 Å². The van der Waals surface area contributed by atoms with Crippen molar-refractivity contribution in [2.45, 2.75) is 52.4 Å². The number of carbonyl (C=O) groups excluding carboxylic acids is 1. The molecule has 2 aromatic rings. The van der Waals surface area contributed by atoms with E-state index in [0.717, 1.165) is 95.0 Å². The molecule has 0 bridgehead atoms. The lowest BCUT2D eigenvalue weighted by Crippen LogP contribution is -2.41. The van der Waals surface area contributed by atoms with Gasteiger partial charge in [0.15, 0.2) is 5.82 Å². The van der Waals surface area contributed by atoms with Crippen LogP contribution < -0.4 is 10.2 Å². The molecule has 172 valence electrons. The summed E-state index contributed by atoms with van der Waals surface area (Å²) in [6, 6.07) is 3.94. The Kier molecular flexibility index (Phi) is 7.68. The molecule has 1 saturated heterocycles. The van der Waals surface area contributed by atoms with Gasteiger partial charge < -0.3 is 15.1 Å². The van der Waals surface area contributed by atoms with Gasteiger partial charge in [-0.1, -0.05) is 13.8 Å². The molecule has 1 fully saturated rings. The van der Waals surface area contributed by atoms with Gasteiger partial charge in [-0.15, -0.1) is 0 Å². The predicted molar refractivity (Wildman–Crippen MR) is 128 cm³/mol. The van der Waals surface area contributed by atoms with E-state index in [-0.39, 0.29) is 11.8 Å². The molecule has 7 nitrogen and oxygen atoms in total. The van der Waals surface area contributed by atoms with Crippen LogP contribution in [0.5, 0.6) is 0 Å². The average molecular weight is 437 g/mol. The number of pyridine rings is 1. The Morgan fingerprint density at radius 3 is 2.59 bits per heavy atom. The topological polar surface area (TPSA) is 74.2 Å². The minimum Gasteiger partial charge on any atom is -0.356 e. The van der Waals surface area contributed by atoms with Crippen molar-refractivity contribution in [2.24, 2.45) is 5.92 Å². The minimum absolute atomic E-state index is 0.106. The number of nitrogens with zero attached hydrogens (tertiary/aromatic N) is 5. The van der Waals surface area contributed by atoms with E-state index in [1.807, 2.05) is 12.1 Å². The maximum absolute atomic E-state index is 12.7. The van der Waals surface area contributed by atoms with Crippen molar-refractivity contribution in [1.29, 1.82) is 0 Å². The molecule has 0 unspecified atom stereocenters. The van der Waals surface area contributed by atoms with Gasteiger partial charge in [-0.25, -0.2) is 9.97 Å². The van der Waals surface area contributed by atoms with E-state index in [1.54, 1.807) is 12.4 Å². The molecular weight excluding hydrogens is 400 g/mol. The van der Waals surface area contributed by atoms with E-state index in [9.17, 15) is 4.79 Å². The van der Waals surface area contributed by atoms with Crippen molar-refractivity contribution in [3.63, 3.8) is 0 Å². The lowest BCUT2D eigenvalue weighted by Gasteiger charge is -2.33. The number of rotatable bonds is 9. The Bertz CT molecular complexity index is 891. The van der Waals surface area contributed by atoms with Crippen LogP contribution in [0.2, 0.25) is 0 Å². The summed E-state index contributed by atoms with van der Waals surface area (Å²) in [7, 11) is 0. The first-order valence-corrected chi connectivity index (χ1v) is 12.2. The van der Waals surface area contributed by atoms with Gasteiger partial charge >= 0.3 is 0 Å². The Labute approximate surface area is 191 Å². The van der Waals surface area contributed by atoms with Crippen molar-refractivity contribution in [3.8, 4) is 11.4 Å². The van der Waals surface area contributed by atoms with Gasteiger partial charge in [0.1, 0.15) is 5.82 Å². The Morgan fingerprint density at radius 2 is 1.88 bits per heavy atom. The largest absolute Gasteiger partial charge is 0.356 e. The number of aromatic nitrogens is 3. The molecule has 2 aliphatic rings. The number of aryl methyl sites for hydroxylation is 1. The minimum atomic E-state index is 0.106. The van der Waals surface area contributed by atoms with Gasteiger partial charge in [-0.3, -0.25) is 9.78 Å². The van der Waals surface area contributed by atoms with Crippen LogP contribution in [0.15, 0.2) is 24.5 Å². The molecule has 1 aliphatic carbocycles. The SMILES string of the molecule is CCN(CC)CCCNC(=O)C1CCN(c2nc(-c3ccncc3)nc3c2CCC3)CC1. The van der Waals surface area contributed by atoms with Crippen molar-refractivity contribution < 1.29 is 4.79 Å². The summed E-state index contributed by atoms with van der Waals surface area (Å²) in [4.78, 5) is 31.4. The van der Waals surface area contributed by atoms with E-state index in [0.29, 0.717) is 0 Å². The third-order valence-electron chi connectivity index (χ3n) is 6.86. The second-order valence-corrected chi connectivity index (χ2v) is 8.82. The van der Waals surface area contributed by atoms with Crippen LogP contribution in [0.3, 0.4) is 0 Å². The summed E-state index contributed by atoms with van der Waals surface area (Å²) in [6.07, 6.45) is 9.57. The molecule has 7 heteroatoms. The van der Waals surface area contributed by atoms with E-state index in [2.05, 4.69) is 33.9 Å². The Balaban J connectivity index is 1.35. The highest BCUT2D eigenvalue weighted by molar-refractivity contribution is 5.79. The fourth-order valence-electron chi connectivity index (χ4n) is 4.86. The summed E-state index contributed by atoms with van der Waals surface area (Å²) in [5.74, 6) is 2.19. The number of hydrogen-bond acceptors (Lipinski definition) is 6. The standard InChI is InChI=1S/C25H36N6O/c1-3-30(4-2)16-6-13-27-25(32)20-11-17-31(18-12-20)24-21-7-5-8-22(21)28-23(29-24)19-9-14-26-15-10-19/h9-10,14-15,20H,3-8,11-13,16-18H2,1-2H3,(H,27,32). The van der Waals surface area contributed by atoms with Crippen LogP contribution in [0.4, 0.5) is 5.82 Å². The van der Waals surface area contributed by atoms with Crippen LogP contribution in [-0.2, 0) is 17.6 Å². The molecule has 2 aromatic heterocycles. The molecule has 1 amide bonds. The number of hydrogen-bond donors (Lipinski definition) is 1. The molecule has 3 heterocycles. The predicted octanol–water partition coefficient (Wildman–Crippen LogP) is 3.09. The summed E-state index contributed by atoms with van der Waals surface area (Å²) >= 11 is 0. The lowest BCUT2D eigenvalue weighted by atomic mass is 9.95. The monoisotopic (exact) mass is 436 g/mol. The van der Waals surface area contributed by atoms with E-state index >= 15 is 0 Å². The normalized spacial score (nSPS) is 16.4. The fraction of sp³-hybridized carbons (Fsp3) is 0.600. The molecule has 0 aromatic carbocycles. The number of carbonyl (C=O) groups is 1. The van der Waals surface area contributed by atoms with Crippen LogP contribution in [-0.4, -0.2) is 65.0 Å². The molecule has 0 radical (unpaired) electrons. The number of fused-ring (bicyclic) bond motifs is 1. The van der Waals surface area contributed by atoms with Crippen LogP contribution in [0, 0.1) is 5.92 Å². The average Bonchev–Trinajstić information content (AvgIpc) is 3.33. The molecule has 4 rings (SSSR count). The highest BCUT2D eigenvalue weighted by atomic mass is 16.1. The van der Waals surface area contributed by atoms with E-state index in [4.69, 9.17) is 9.97 Å². The zero-order chi connectivity index (χ0) is 22.3. The second-order valence-electron chi connectivity index (χ2n) is 8.82. The summed E-state index contributed by atoms with van der Waals surface area (Å²) in [6.45, 7) is 10.1. The van der Waals surface area contributed by atoms with Gasteiger partial charge in [0.2, 0.25) is 5.91 Å². The molecule has 1 aliphatic heterocycles. The lowest BCUT2D eigenvalue weighted by molar-refractivity contribution is -0.125. The highest BCUT2D eigenvalue weighted by Gasteiger charge is 2.29. The number of nitrogens with one attached hydrogen (secondary N) is 1. The molecule has 0 saturated carbocycles. The summed E-state index contributed by atoms with van der Waals surface area (Å²) in [5, 5.41) is 3.17. The van der Waals surface area contributed by atoms with Gasteiger partial charge in [0, 0.05) is 54.8 Å². The quantitative estimate of drug-likeness (QED) is 0.609. The van der Waals surface area contributed by atoms with Gasteiger partial charge in [0.05, 0.1) is 0 Å². The number of amides is 1. The maximum Gasteiger partial charge on any atom is 0.223 e. The molecule has 0 spiro atoms. The van der Waals surface area contributed by atoms with Crippen molar-refractivity contribution in [3.05, 3.63) is 35.8 Å². The van der Waals surface area contributed by atoms with Gasteiger partial charge in [-0.05, 0) is 70.3 Å². The molecule has 1 N–H and O–H groups in total. The second kappa shape index (κ2) is 10.9. The first-order chi connectivity index (χ1) is 15.7. The molecule has 32 heavy (non-hydrogen) atoms.